The van der Waals surface area contributed by atoms with Crippen molar-refractivity contribution < 1.29 is 9.18 Å². The molecule has 2 aliphatic heterocycles. The highest BCUT2D eigenvalue weighted by Gasteiger charge is 2.34. The summed E-state index contributed by atoms with van der Waals surface area (Å²) in [6.45, 7) is 1.69. The first-order chi connectivity index (χ1) is 12.1. The smallest absolute Gasteiger partial charge is 0.224 e. The van der Waals surface area contributed by atoms with Crippen molar-refractivity contribution in [3.05, 3.63) is 29.8 Å². The lowest BCUT2D eigenvalue weighted by atomic mass is 9.89. The number of piperidine rings is 1. The van der Waals surface area contributed by atoms with Crippen LogP contribution in [0, 0.1) is 18.7 Å². The molecular formula is C17H21FN6O. The Balaban J connectivity index is 1.44. The predicted octanol–water partition coefficient (Wildman–Crippen LogP) is 1.97. The quantitative estimate of drug-likeness (QED) is 0.886. The Labute approximate surface area is 145 Å². The number of fused-ring (bicyclic) bond motifs is 2. The topological polar surface area (TPSA) is 84.7 Å². The van der Waals surface area contributed by atoms with Gasteiger partial charge < -0.3 is 10.6 Å². The van der Waals surface area contributed by atoms with Crippen LogP contribution < -0.4 is 10.6 Å². The van der Waals surface area contributed by atoms with Crippen LogP contribution in [0.15, 0.2) is 18.2 Å². The van der Waals surface area contributed by atoms with E-state index in [1.54, 1.807) is 19.1 Å². The summed E-state index contributed by atoms with van der Waals surface area (Å²) in [6.07, 6.45) is 5.06. The molecule has 0 aliphatic carbocycles. The molecule has 2 atom stereocenters. The number of nitrogens with zero attached hydrogens (tertiary/aromatic N) is 4. The molecule has 0 spiro atoms. The number of carbonyl (C=O) groups excluding carboxylic acids is 1. The molecule has 7 nitrogen and oxygen atoms in total. The Bertz CT molecular complexity index is 779. The highest BCUT2D eigenvalue weighted by atomic mass is 19.1. The summed E-state index contributed by atoms with van der Waals surface area (Å²) in [5.74, 6) is 0.425. The van der Waals surface area contributed by atoms with Crippen molar-refractivity contribution in [3.8, 4) is 5.69 Å². The number of nitrogens with one attached hydrogen (secondary N) is 2. The number of halogens is 1. The van der Waals surface area contributed by atoms with Gasteiger partial charge in [0.2, 0.25) is 5.91 Å². The highest BCUT2D eigenvalue weighted by Crippen LogP contribution is 2.32. The lowest BCUT2D eigenvalue weighted by molar-refractivity contribution is -0.117. The number of aromatic nitrogens is 4. The fraction of sp³-hybridized carbons (Fsp3) is 0.529. The summed E-state index contributed by atoms with van der Waals surface area (Å²) < 4.78 is 15.4. The van der Waals surface area contributed by atoms with E-state index in [1.165, 1.54) is 23.6 Å². The Morgan fingerprint density at radius 3 is 2.80 bits per heavy atom. The normalized spacial score (nSPS) is 25.1. The molecule has 1 aromatic carbocycles. The number of carbonyl (C=O) groups is 1. The molecule has 0 radical (unpaired) electrons. The van der Waals surface area contributed by atoms with E-state index < -0.39 is 5.82 Å². The Morgan fingerprint density at radius 2 is 2.12 bits per heavy atom. The number of rotatable bonds is 4. The molecule has 2 bridgehead atoms. The maximum Gasteiger partial charge on any atom is 0.224 e. The number of benzene rings is 1. The van der Waals surface area contributed by atoms with Gasteiger partial charge in [0.15, 0.2) is 5.82 Å². The molecule has 2 N–H and O–H groups in total. The SMILES string of the molecule is Cc1nnnn1-c1cc(NC(=O)CC2CC3CCC(C2)N3)ccc1F. The van der Waals surface area contributed by atoms with Crippen molar-refractivity contribution >= 4 is 11.6 Å². The maximum atomic E-state index is 14.1. The van der Waals surface area contributed by atoms with Crippen molar-refractivity contribution in [1.82, 2.24) is 25.5 Å². The first-order valence-corrected chi connectivity index (χ1v) is 8.69. The molecule has 4 rings (SSSR count). The Hall–Kier alpha value is -2.35. The van der Waals surface area contributed by atoms with Gasteiger partial charge in [-0.3, -0.25) is 4.79 Å². The van der Waals surface area contributed by atoms with Gasteiger partial charge in [-0.25, -0.2) is 4.39 Å². The van der Waals surface area contributed by atoms with Gasteiger partial charge in [0.25, 0.3) is 0 Å². The summed E-state index contributed by atoms with van der Waals surface area (Å²) in [4.78, 5) is 12.4. The molecule has 1 aromatic heterocycles. The number of hydrogen-bond acceptors (Lipinski definition) is 5. The van der Waals surface area contributed by atoms with Crippen LogP contribution in [0.1, 0.15) is 37.9 Å². The average molecular weight is 344 g/mol. The zero-order valence-electron chi connectivity index (χ0n) is 14.1. The number of anilines is 1. The fourth-order valence-corrected chi connectivity index (χ4v) is 4.02. The monoisotopic (exact) mass is 344 g/mol. The van der Waals surface area contributed by atoms with Gasteiger partial charge >= 0.3 is 0 Å². The zero-order valence-corrected chi connectivity index (χ0v) is 14.1. The first-order valence-electron chi connectivity index (χ1n) is 8.69. The summed E-state index contributed by atoms with van der Waals surface area (Å²) in [5.41, 5.74) is 0.772. The van der Waals surface area contributed by atoms with Gasteiger partial charge in [0.05, 0.1) is 0 Å². The lowest BCUT2D eigenvalue weighted by Gasteiger charge is -2.28. The third kappa shape index (κ3) is 3.39. The van der Waals surface area contributed by atoms with E-state index in [2.05, 4.69) is 26.2 Å². The molecule has 2 aromatic rings. The Morgan fingerprint density at radius 1 is 1.36 bits per heavy atom. The van der Waals surface area contributed by atoms with Crippen LogP contribution in [0.25, 0.3) is 5.69 Å². The summed E-state index contributed by atoms with van der Waals surface area (Å²) in [5, 5.41) is 17.5. The van der Waals surface area contributed by atoms with Crippen molar-refractivity contribution in [2.24, 2.45) is 5.92 Å². The number of tetrazole rings is 1. The molecule has 3 heterocycles. The molecule has 25 heavy (non-hydrogen) atoms. The summed E-state index contributed by atoms with van der Waals surface area (Å²) in [6, 6.07) is 5.57. The highest BCUT2D eigenvalue weighted by molar-refractivity contribution is 5.91. The second-order valence-corrected chi connectivity index (χ2v) is 7.03. The fourth-order valence-electron chi connectivity index (χ4n) is 4.02. The van der Waals surface area contributed by atoms with Gasteiger partial charge in [-0.2, -0.15) is 4.68 Å². The van der Waals surface area contributed by atoms with Crippen molar-refractivity contribution in [2.75, 3.05) is 5.32 Å². The van der Waals surface area contributed by atoms with Crippen LogP contribution in [-0.4, -0.2) is 38.2 Å². The van der Waals surface area contributed by atoms with Crippen LogP contribution in [0.4, 0.5) is 10.1 Å². The molecule has 2 aliphatic rings. The standard InChI is InChI=1S/C17H21FN6O/c1-10-21-22-23-24(10)16-9-14(4-5-15(16)18)20-17(25)8-11-6-12-2-3-13(7-11)19-12/h4-5,9,11-13,19H,2-3,6-8H2,1H3,(H,20,25). The zero-order chi connectivity index (χ0) is 17.4. The van der Waals surface area contributed by atoms with Crippen LogP contribution in [0.5, 0.6) is 0 Å². The van der Waals surface area contributed by atoms with Crippen LogP contribution in [0.2, 0.25) is 0 Å². The van der Waals surface area contributed by atoms with Crippen LogP contribution >= 0.6 is 0 Å². The van der Waals surface area contributed by atoms with E-state index in [0.29, 0.717) is 35.9 Å². The second kappa shape index (κ2) is 6.51. The second-order valence-electron chi connectivity index (χ2n) is 7.03. The van der Waals surface area contributed by atoms with Gasteiger partial charge in [0, 0.05) is 24.2 Å². The largest absolute Gasteiger partial charge is 0.326 e. The lowest BCUT2D eigenvalue weighted by Crippen LogP contribution is -2.39. The Kier molecular flexibility index (Phi) is 4.20. The van der Waals surface area contributed by atoms with E-state index in [9.17, 15) is 9.18 Å². The van der Waals surface area contributed by atoms with Gasteiger partial charge in [-0.05, 0) is 67.2 Å². The molecule has 1 amide bonds. The molecule has 2 fully saturated rings. The molecule has 132 valence electrons. The summed E-state index contributed by atoms with van der Waals surface area (Å²) >= 11 is 0. The van der Waals surface area contributed by atoms with E-state index >= 15 is 0 Å². The maximum absolute atomic E-state index is 14.1. The van der Waals surface area contributed by atoms with Crippen LogP contribution in [-0.2, 0) is 4.79 Å². The van der Waals surface area contributed by atoms with Crippen LogP contribution in [0.3, 0.4) is 0 Å². The van der Waals surface area contributed by atoms with E-state index in [1.807, 2.05) is 0 Å². The van der Waals surface area contributed by atoms with Crippen molar-refractivity contribution in [2.45, 2.75) is 51.1 Å². The minimum absolute atomic E-state index is 0.0303. The molecule has 0 saturated carbocycles. The average Bonchev–Trinajstić information content (AvgIpc) is 3.14. The van der Waals surface area contributed by atoms with E-state index in [4.69, 9.17) is 0 Å². The number of amides is 1. The van der Waals surface area contributed by atoms with Gasteiger partial charge in [0.1, 0.15) is 11.5 Å². The predicted molar refractivity (Wildman–Crippen MR) is 89.8 cm³/mol. The third-order valence-corrected chi connectivity index (χ3v) is 5.13. The minimum atomic E-state index is -0.441. The molecule has 2 saturated heterocycles. The van der Waals surface area contributed by atoms with Gasteiger partial charge in [-0.15, -0.1) is 5.10 Å². The number of hydrogen-bond donors (Lipinski definition) is 2. The number of aryl methyl sites for hydroxylation is 1. The van der Waals surface area contributed by atoms with Crippen molar-refractivity contribution in [3.63, 3.8) is 0 Å². The van der Waals surface area contributed by atoms with Crippen molar-refractivity contribution in [1.29, 1.82) is 0 Å². The van der Waals surface area contributed by atoms with E-state index in [-0.39, 0.29) is 11.6 Å². The van der Waals surface area contributed by atoms with Gasteiger partial charge in [-0.1, -0.05) is 0 Å². The third-order valence-electron chi connectivity index (χ3n) is 5.13. The van der Waals surface area contributed by atoms with E-state index in [0.717, 1.165) is 12.8 Å². The molecule has 2 unspecified atom stereocenters. The molecular weight excluding hydrogens is 323 g/mol. The summed E-state index contributed by atoms with van der Waals surface area (Å²) in [7, 11) is 0. The first kappa shape index (κ1) is 16.1. The minimum Gasteiger partial charge on any atom is -0.326 e. The molecule has 8 heteroatoms.